The minimum absolute atomic E-state index is 0.0106. The molecule has 0 radical (unpaired) electrons. The van der Waals surface area contributed by atoms with Gasteiger partial charge in [-0.15, -0.1) is 11.8 Å². The number of nitrogens with one attached hydrogen (secondary N) is 1. The molecule has 0 aliphatic carbocycles. The third-order valence-corrected chi connectivity index (χ3v) is 5.38. The molecule has 5 heteroatoms. The summed E-state index contributed by atoms with van der Waals surface area (Å²) in [6.07, 6.45) is 0.762. The molecule has 0 aromatic heterocycles. The van der Waals surface area contributed by atoms with Crippen LogP contribution in [0.1, 0.15) is 37.4 Å². The van der Waals surface area contributed by atoms with E-state index >= 15 is 0 Å². The average Bonchev–Trinajstić information content (AvgIpc) is 2.55. The van der Waals surface area contributed by atoms with E-state index < -0.39 is 0 Å². The second kappa shape index (κ2) is 7.71. The fraction of sp³-hybridized carbons (Fsp3) is 0.350. The number of rotatable bonds is 5. The molecule has 1 atom stereocenters. The van der Waals surface area contributed by atoms with E-state index in [1.165, 1.54) is 5.56 Å². The van der Waals surface area contributed by atoms with Crippen LogP contribution in [0.25, 0.3) is 0 Å². The Kier molecular flexibility index (Phi) is 5.60. The van der Waals surface area contributed by atoms with Crippen LogP contribution in [-0.2, 0) is 10.5 Å². The highest BCUT2D eigenvalue weighted by molar-refractivity contribution is 7.99. The monoisotopic (exact) mass is 375 g/mol. The van der Waals surface area contributed by atoms with Crippen molar-refractivity contribution in [2.24, 2.45) is 0 Å². The molecule has 0 fully saturated rings. The van der Waals surface area contributed by atoms with E-state index in [4.69, 9.17) is 16.3 Å². The number of para-hydroxylation sites is 1. The van der Waals surface area contributed by atoms with Gasteiger partial charge in [-0.2, -0.15) is 0 Å². The summed E-state index contributed by atoms with van der Waals surface area (Å²) in [6.45, 7) is 4.11. The fourth-order valence-electron chi connectivity index (χ4n) is 3.01. The zero-order chi connectivity index (χ0) is 17.9. The van der Waals surface area contributed by atoms with E-state index in [9.17, 15) is 4.79 Å². The first-order chi connectivity index (χ1) is 11.9. The number of ether oxygens (including phenoxy) is 1. The Hall–Kier alpha value is -1.65. The third kappa shape index (κ3) is 4.93. The molecular formula is C20H22ClNO2S. The standard InChI is InChI=1S/C20H22ClNO2S/c1-20(2)11-17(16-5-3-4-6-18(16)24-20)22-19(23)13-25-12-14-7-9-15(21)10-8-14/h3-10,17H,11-13H2,1-2H3,(H,22,23). The van der Waals surface area contributed by atoms with Gasteiger partial charge in [0, 0.05) is 22.8 Å². The summed E-state index contributed by atoms with van der Waals surface area (Å²) in [5.41, 5.74) is 1.93. The number of halogens is 1. The van der Waals surface area contributed by atoms with Crippen LogP contribution < -0.4 is 10.1 Å². The molecule has 0 bridgehead atoms. The molecule has 0 saturated carbocycles. The average molecular weight is 376 g/mol. The number of carbonyl (C=O) groups excluding carboxylic acids is 1. The first kappa shape index (κ1) is 18.2. The van der Waals surface area contributed by atoms with E-state index in [2.05, 4.69) is 19.2 Å². The first-order valence-corrected chi connectivity index (χ1v) is 9.86. The molecule has 3 nitrogen and oxygen atoms in total. The summed E-state index contributed by atoms with van der Waals surface area (Å²) >= 11 is 7.49. The van der Waals surface area contributed by atoms with Crippen molar-refractivity contribution in [3.63, 3.8) is 0 Å². The van der Waals surface area contributed by atoms with Gasteiger partial charge in [0.05, 0.1) is 11.8 Å². The van der Waals surface area contributed by atoms with Gasteiger partial charge in [-0.3, -0.25) is 4.79 Å². The number of hydrogen-bond donors (Lipinski definition) is 1. The Morgan fingerprint density at radius 2 is 1.96 bits per heavy atom. The summed E-state index contributed by atoms with van der Waals surface area (Å²) in [7, 11) is 0. The topological polar surface area (TPSA) is 38.3 Å². The summed E-state index contributed by atoms with van der Waals surface area (Å²) in [4.78, 5) is 12.4. The molecule has 1 N–H and O–H groups in total. The Labute approximate surface area is 158 Å². The Balaban J connectivity index is 1.56. The van der Waals surface area contributed by atoms with Crippen molar-refractivity contribution in [3.8, 4) is 5.75 Å². The lowest BCUT2D eigenvalue weighted by Crippen LogP contribution is -2.41. The van der Waals surface area contributed by atoms with Crippen molar-refractivity contribution >= 4 is 29.3 Å². The highest BCUT2D eigenvalue weighted by atomic mass is 35.5. The van der Waals surface area contributed by atoms with Gasteiger partial charge >= 0.3 is 0 Å². The van der Waals surface area contributed by atoms with Crippen LogP contribution in [0, 0.1) is 0 Å². The summed E-state index contributed by atoms with van der Waals surface area (Å²) in [6, 6.07) is 15.6. The van der Waals surface area contributed by atoms with Crippen LogP contribution in [0.4, 0.5) is 0 Å². The van der Waals surface area contributed by atoms with Gasteiger partial charge in [-0.1, -0.05) is 41.9 Å². The minimum atomic E-state index is -0.289. The lowest BCUT2D eigenvalue weighted by molar-refractivity contribution is -0.119. The quantitative estimate of drug-likeness (QED) is 0.799. The number of carbonyl (C=O) groups is 1. The molecule has 2 aromatic carbocycles. The summed E-state index contributed by atoms with van der Waals surface area (Å²) < 4.78 is 6.01. The van der Waals surface area contributed by atoms with E-state index in [0.717, 1.165) is 28.5 Å². The molecule has 1 amide bonds. The van der Waals surface area contributed by atoms with Crippen molar-refractivity contribution in [1.82, 2.24) is 5.32 Å². The molecular weight excluding hydrogens is 354 g/mol. The molecule has 132 valence electrons. The Morgan fingerprint density at radius 3 is 2.72 bits per heavy atom. The smallest absolute Gasteiger partial charge is 0.230 e. The van der Waals surface area contributed by atoms with Crippen molar-refractivity contribution in [2.45, 2.75) is 37.7 Å². The van der Waals surface area contributed by atoms with Gasteiger partial charge in [0.1, 0.15) is 11.4 Å². The molecule has 1 heterocycles. The maximum atomic E-state index is 12.4. The number of thioether (sulfide) groups is 1. The summed E-state index contributed by atoms with van der Waals surface area (Å²) in [5, 5.41) is 3.89. The second-order valence-electron chi connectivity index (χ2n) is 6.84. The molecule has 1 aliphatic heterocycles. The lowest BCUT2D eigenvalue weighted by atomic mass is 9.90. The van der Waals surface area contributed by atoms with Crippen LogP contribution in [0.3, 0.4) is 0 Å². The van der Waals surface area contributed by atoms with Gasteiger partial charge in [-0.05, 0) is 37.6 Å². The Bertz CT molecular complexity index is 746. The fourth-order valence-corrected chi connectivity index (χ4v) is 3.93. The van der Waals surface area contributed by atoms with Crippen LogP contribution >= 0.6 is 23.4 Å². The molecule has 0 spiro atoms. The normalized spacial score (nSPS) is 18.1. The van der Waals surface area contributed by atoms with Crippen LogP contribution in [0.5, 0.6) is 5.75 Å². The highest BCUT2D eigenvalue weighted by Gasteiger charge is 2.34. The van der Waals surface area contributed by atoms with Crippen molar-refractivity contribution in [3.05, 3.63) is 64.7 Å². The SMILES string of the molecule is CC1(C)CC(NC(=O)CSCc2ccc(Cl)cc2)c2ccccc2O1. The molecule has 1 aliphatic rings. The van der Waals surface area contributed by atoms with Gasteiger partial charge in [0.15, 0.2) is 0 Å². The molecule has 25 heavy (non-hydrogen) atoms. The zero-order valence-electron chi connectivity index (χ0n) is 14.4. The van der Waals surface area contributed by atoms with Gasteiger partial charge in [0.2, 0.25) is 5.91 Å². The second-order valence-corrected chi connectivity index (χ2v) is 8.27. The number of fused-ring (bicyclic) bond motifs is 1. The zero-order valence-corrected chi connectivity index (χ0v) is 16.0. The van der Waals surface area contributed by atoms with Gasteiger partial charge in [0.25, 0.3) is 0 Å². The van der Waals surface area contributed by atoms with E-state index in [0.29, 0.717) is 5.75 Å². The first-order valence-electron chi connectivity index (χ1n) is 8.32. The Morgan fingerprint density at radius 1 is 1.24 bits per heavy atom. The van der Waals surface area contributed by atoms with E-state index in [-0.39, 0.29) is 17.6 Å². The third-order valence-electron chi connectivity index (χ3n) is 4.13. The van der Waals surface area contributed by atoms with Crippen LogP contribution in [0.15, 0.2) is 48.5 Å². The van der Waals surface area contributed by atoms with Gasteiger partial charge < -0.3 is 10.1 Å². The molecule has 3 rings (SSSR count). The molecule has 0 saturated heterocycles. The maximum Gasteiger partial charge on any atom is 0.230 e. The predicted octanol–water partition coefficient (Wildman–Crippen LogP) is 4.99. The van der Waals surface area contributed by atoms with Crippen LogP contribution in [-0.4, -0.2) is 17.3 Å². The van der Waals surface area contributed by atoms with Crippen LogP contribution in [0.2, 0.25) is 5.02 Å². The molecule has 1 unspecified atom stereocenters. The lowest BCUT2D eigenvalue weighted by Gasteiger charge is -2.37. The van der Waals surface area contributed by atoms with E-state index in [1.807, 2.05) is 48.5 Å². The maximum absolute atomic E-state index is 12.4. The minimum Gasteiger partial charge on any atom is -0.487 e. The summed E-state index contributed by atoms with van der Waals surface area (Å²) in [5.74, 6) is 2.14. The predicted molar refractivity (Wildman–Crippen MR) is 104 cm³/mol. The van der Waals surface area contributed by atoms with Crippen molar-refractivity contribution in [1.29, 1.82) is 0 Å². The van der Waals surface area contributed by atoms with Gasteiger partial charge in [-0.25, -0.2) is 0 Å². The van der Waals surface area contributed by atoms with Crippen molar-refractivity contribution < 1.29 is 9.53 Å². The van der Waals surface area contributed by atoms with E-state index in [1.54, 1.807) is 11.8 Å². The number of hydrogen-bond acceptors (Lipinski definition) is 3. The highest BCUT2D eigenvalue weighted by Crippen LogP contribution is 2.39. The largest absolute Gasteiger partial charge is 0.487 e. The number of amides is 1. The van der Waals surface area contributed by atoms with Crippen molar-refractivity contribution in [2.75, 3.05) is 5.75 Å². The molecule has 2 aromatic rings. The number of benzene rings is 2.